The summed E-state index contributed by atoms with van der Waals surface area (Å²) >= 11 is 0. The average molecular weight is 395 g/mol. The largest absolute Gasteiger partial charge is 0.497 e. The number of ketones is 1. The van der Waals surface area contributed by atoms with E-state index in [-0.39, 0.29) is 11.3 Å². The Kier molecular flexibility index (Phi) is 5.03. The predicted octanol–water partition coefficient (Wildman–Crippen LogP) is 6.78. The lowest BCUT2D eigenvalue weighted by atomic mass is 9.49. The van der Waals surface area contributed by atoms with Gasteiger partial charge in [-0.3, -0.25) is 4.79 Å². The number of hydrogen-bond donors (Lipinski definition) is 0. The molecule has 4 aliphatic rings. The van der Waals surface area contributed by atoms with Gasteiger partial charge in [-0.05, 0) is 104 Å². The van der Waals surface area contributed by atoms with Crippen LogP contribution in [0.3, 0.4) is 0 Å². The second-order valence-corrected chi connectivity index (χ2v) is 11.1. The predicted molar refractivity (Wildman–Crippen MR) is 117 cm³/mol. The van der Waals surface area contributed by atoms with Crippen LogP contribution in [0.4, 0.5) is 0 Å². The molecule has 0 amide bonds. The van der Waals surface area contributed by atoms with Crippen molar-refractivity contribution in [1.82, 2.24) is 0 Å². The van der Waals surface area contributed by atoms with E-state index in [9.17, 15) is 4.79 Å². The van der Waals surface area contributed by atoms with Crippen molar-refractivity contribution in [3.05, 3.63) is 29.8 Å². The summed E-state index contributed by atoms with van der Waals surface area (Å²) in [6.07, 6.45) is 12.3. The molecule has 4 fully saturated rings. The molecule has 0 saturated heterocycles. The fourth-order valence-corrected chi connectivity index (χ4v) is 8.50. The second kappa shape index (κ2) is 7.43. The molecule has 8 atom stereocenters. The first kappa shape index (κ1) is 19.6. The van der Waals surface area contributed by atoms with E-state index in [0.717, 1.165) is 53.2 Å². The van der Waals surface area contributed by atoms with Crippen molar-refractivity contribution in [3.8, 4) is 5.75 Å². The maximum absolute atomic E-state index is 13.5. The Morgan fingerprint density at radius 3 is 2.66 bits per heavy atom. The molecule has 0 bridgehead atoms. The maximum atomic E-state index is 13.5. The molecule has 2 heteroatoms. The number of fused-ring (bicyclic) bond motifs is 5. The number of carbonyl (C=O) groups is 1. The van der Waals surface area contributed by atoms with Gasteiger partial charge in [0.25, 0.3) is 0 Å². The van der Waals surface area contributed by atoms with E-state index in [1.165, 1.54) is 51.4 Å². The zero-order chi connectivity index (χ0) is 20.2. The van der Waals surface area contributed by atoms with E-state index in [1.807, 2.05) is 24.3 Å². The zero-order valence-corrected chi connectivity index (χ0v) is 18.5. The van der Waals surface area contributed by atoms with Crippen LogP contribution in [-0.4, -0.2) is 12.9 Å². The summed E-state index contributed by atoms with van der Waals surface area (Å²) in [5.41, 5.74) is 1.05. The molecule has 7 unspecified atom stereocenters. The van der Waals surface area contributed by atoms with Crippen molar-refractivity contribution < 1.29 is 9.53 Å². The smallest absolute Gasteiger partial charge is 0.166 e. The molecule has 0 N–H and O–H groups in total. The van der Waals surface area contributed by atoms with Crippen molar-refractivity contribution in [1.29, 1.82) is 0 Å². The third kappa shape index (κ3) is 3.17. The van der Waals surface area contributed by atoms with Crippen molar-refractivity contribution >= 4 is 5.78 Å². The minimum absolute atomic E-state index is 0.199. The van der Waals surface area contributed by atoms with Crippen molar-refractivity contribution in [2.75, 3.05) is 7.11 Å². The van der Waals surface area contributed by atoms with Gasteiger partial charge in [-0.25, -0.2) is 0 Å². The summed E-state index contributed by atoms with van der Waals surface area (Å²) < 4.78 is 5.38. The number of methoxy groups -OCH3 is 1. The molecule has 29 heavy (non-hydrogen) atoms. The van der Waals surface area contributed by atoms with Gasteiger partial charge in [0.05, 0.1) is 7.11 Å². The Morgan fingerprint density at radius 1 is 1.00 bits per heavy atom. The van der Waals surface area contributed by atoms with Gasteiger partial charge < -0.3 is 4.74 Å². The molecule has 0 aromatic heterocycles. The molecule has 1 aromatic carbocycles. The minimum Gasteiger partial charge on any atom is -0.497 e. The molecule has 0 aliphatic heterocycles. The summed E-state index contributed by atoms with van der Waals surface area (Å²) in [5, 5.41) is 0. The highest BCUT2D eigenvalue weighted by atomic mass is 16.5. The standard InChI is InChI=1S/C27H38O2/c1-17-7-9-21-18(15-17)8-10-23-22(21)13-14-27(2)24(23)11-12-25(27)26(28)19-5-4-6-20(16-19)29-3/h4-6,16-18,21-25H,7-15H2,1-3H3/t17?,18?,21?,22?,23?,24?,25-,27?/m1/s1. The summed E-state index contributed by atoms with van der Waals surface area (Å²) in [6.45, 7) is 4.94. The summed E-state index contributed by atoms with van der Waals surface area (Å²) in [4.78, 5) is 13.5. The van der Waals surface area contributed by atoms with Gasteiger partial charge in [0.2, 0.25) is 0 Å². The van der Waals surface area contributed by atoms with Gasteiger partial charge in [0, 0.05) is 11.5 Å². The second-order valence-electron chi connectivity index (χ2n) is 11.1. The van der Waals surface area contributed by atoms with E-state index in [2.05, 4.69) is 13.8 Å². The fourth-order valence-electron chi connectivity index (χ4n) is 8.50. The van der Waals surface area contributed by atoms with Crippen LogP contribution < -0.4 is 4.74 Å². The molecule has 2 nitrogen and oxygen atoms in total. The maximum Gasteiger partial charge on any atom is 0.166 e. The van der Waals surface area contributed by atoms with E-state index in [0.29, 0.717) is 5.78 Å². The van der Waals surface area contributed by atoms with Crippen LogP contribution >= 0.6 is 0 Å². The molecular formula is C27H38O2. The highest BCUT2D eigenvalue weighted by Crippen LogP contribution is 2.64. The van der Waals surface area contributed by atoms with Crippen LogP contribution in [0.5, 0.6) is 5.75 Å². The van der Waals surface area contributed by atoms with Crippen LogP contribution in [0.2, 0.25) is 0 Å². The Balaban J connectivity index is 1.37. The number of ether oxygens (including phenoxy) is 1. The van der Waals surface area contributed by atoms with E-state index >= 15 is 0 Å². The minimum atomic E-state index is 0.199. The highest BCUT2D eigenvalue weighted by Gasteiger charge is 2.58. The SMILES string of the molecule is COc1cccc(C(=O)[C@H]2CCC3C4CCC5CC(C)CCC5C4CCC32C)c1. The van der Waals surface area contributed by atoms with Crippen LogP contribution in [0.25, 0.3) is 0 Å². The van der Waals surface area contributed by atoms with E-state index < -0.39 is 0 Å². The summed E-state index contributed by atoms with van der Waals surface area (Å²) in [6, 6.07) is 7.83. The topological polar surface area (TPSA) is 26.3 Å². The average Bonchev–Trinajstić information content (AvgIpc) is 3.10. The van der Waals surface area contributed by atoms with Crippen molar-refractivity contribution in [2.24, 2.45) is 46.8 Å². The Hall–Kier alpha value is -1.31. The molecule has 0 heterocycles. The van der Waals surface area contributed by atoms with Crippen molar-refractivity contribution in [2.45, 2.75) is 71.6 Å². The number of Topliss-reactive ketones (excluding diaryl/α,β-unsaturated/α-hetero) is 1. The molecule has 4 aliphatic carbocycles. The van der Waals surface area contributed by atoms with E-state index in [1.54, 1.807) is 7.11 Å². The molecular weight excluding hydrogens is 356 g/mol. The van der Waals surface area contributed by atoms with Crippen LogP contribution in [0.15, 0.2) is 24.3 Å². The van der Waals surface area contributed by atoms with E-state index in [4.69, 9.17) is 4.74 Å². The third-order valence-corrected chi connectivity index (χ3v) is 9.89. The highest BCUT2D eigenvalue weighted by molar-refractivity contribution is 5.99. The molecule has 0 spiro atoms. The first-order chi connectivity index (χ1) is 14.0. The first-order valence-electron chi connectivity index (χ1n) is 12.2. The summed E-state index contributed by atoms with van der Waals surface area (Å²) in [7, 11) is 1.68. The normalized spacial score (nSPS) is 43.8. The molecule has 158 valence electrons. The van der Waals surface area contributed by atoms with Gasteiger partial charge in [-0.2, -0.15) is 0 Å². The lowest BCUT2D eigenvalue weighted by Crippen LogP contribution is -2.49. The van der Waals surface area contributed by atoms with Gasteiger partial charge in [-0.1, -0.05) is 32.4 Å². The monoisotopic (exact) mass is 394 g/mol. The van der Waals surface area contributed by atoms with Crippen molar-refractivity contribution in [3.63, 3.8) is 0 Å². The number of benzene rings is 1. The number of hydrogen-bond acceptors (Lipinski definition) is 2. The van der Waals surface area contributed by atoms with Gasteiger partial charge >= 0.3 is 0 Å². The quantitative estimate of drug-likeness (QED) is 0.528. The lowest BCUT2D eigenvalue weighted by Gasteiger charge is -2.56. The Bertz CT molecular complexity index is 770. The van der Waals surface area contributed by atoms with Crippen LogP contribution in [-0.2, 0) is 0 Å². The number of rotatable bonds is 3. The molecule has 0 radical (unpaired) electrons. The zero-order valence-electron chi connectivity index (χ0n) is 18.5. The lowest BCUT2D eigenvalue weighted by molar-refractivity contribution is -0.0634. The molecule has 4 saturated carbocycles. The summed E-state index contributed by atoms with van der Waals surface area (Å²) in [5.74, 6) is 6.89. The van der Waals surface area contributed by atoms with Crippen LogP contribution in [0, 0.1) is 46.8 Å². The van der Waals surface area contributed by atoms with Crippen LogP contribution in [0.1, 0.15) is 82.0 Å². The molecule has 5 rings (SSSR count). The first-order valence-corrected chi connectivity index (χ1v) is 12.2. The van der Waals surface area contributed by atoms with Gasteiger partial charge in [0.15, 0.2) is 5.78 Å². The third-order valence-electron chi connectivity index (χ3n) is 9.89. The fraction of sp³-hybridized carbons (Fsp3) is 0.741. The van der Waals surface area contributed by atoms with Gasteiger partial charge in [0.1, 0.15) is 5.75 Å². The number of carbonyl (C=O) groups excluding carboxylic acids is 1. The Morgan fingerprint density at radius 2 is 1.83 bits per heavy atom. The van der Waals surface area contributed by atoms with Gasteiger partial charge in [-0.15, -0.1) is 0 Å². The molecule has 1 aromatic rings. The Labute approximate surface area is 176 Å².